The number of nitrogens with zero attached hydrogens (tertiary/aromatic N) is 5. The van der Waals surface area contributed by atoms with Crippen LogP contribution in [-0.4, -0.2) is 24.8 Å². The number of aromatic nitrogens is 3. The Morgan fingerprint density at radius 3 is 1.27 bits per heavy atom. The van der Waals surface area contributed by atoms with Crippen molar-refractivity contribution in [3.05, 3.63) is 148 Å². The first kappa shape index (κ1) is 26.5. The standard InChI is InChI=1S/C35H21N5O4/c41-39(42)24-14-16-30-28(18-24)26(22-8-3-1-4-9-22)20-34(36-30)32-12-7-13-33(38-32)35-21-27(23-10-5-2-6-11-23)29-19-25(40(43)44)15-17-31(29)37-35/h1-21H. The molecule has 0 amide bonds. The van der Waals surface area contributed by atoms with Gasteiger partial charge in [-0.1, -0.05) is 66.7 Å². The number of hydrogen-bond donors (Lipinski definition) is 0. The largest absolute Gasteiger partial charge is 0.270 e. The zero-order chi connectivity index (χ0) is 30.2. The van der Waals surface area contributed by atoms with Gasteiger partial charge >= 0.3 is 0 Å². The van der Waals surface area contributed by atoms with Crippen LogP contribution in [0.25, 0.3) is 66.8 Å². The van der Waals surface area contributed by atoms with Crippen molar-refractivity contribution >= 4 is 33.2 Å². The van der Waals surface area contributed by atoms with E-state index in [9.17, 15) is 20.2 Å². The molecular formula is C35H21N5O4. The molecular weight excluding hydrogens is 554 g/mol. The van der Waals surface area contributed by atoms with E-state index < -0.39 is 9.85 Å². The molecule has 0 aliphatic carbocycles. The van der Waals surface area contributed by atoms with Gasteiger partial charge in [0.05, 0.1) is 43.7 Å². The maximum Gasteiger partial charge on any atom is 0.270 e. The SMILES string of the molecule is O=[N+]([O-])c1ccc2nc(-c3cccc(-c4cc(-c5ccccc5)c5cc([N+](=O)[O-])ccc5n4)n3)cc(-c3ccccc3)c2c1. The van der Waals surface area contributed by atoms with E-state index in [2.05, 4.69) is 0 Å². The van der Waals surface area contributed by atoms with Crippen LogP contribution in [0.2, 0.25) is 0 Å². The van der Waals surface area contributed by atoms with Crippen molar-refractivity contribution in [2.75, 3.05) is 0 Å². The van der Waals surface area contributed by atoms with Crippen molar-refractivity contribution in [3.63, 3.8) is 0 Å². The van der Waals surface area contributed by atoms with Crippen molar-refractivity contribution in [1.82, 2.24) is 15.0 Å². The first-order valence-corrected chi connectivity index (χ1v) is 13.7. The highest BCUT2D eigenvalue weighted by Gasteiger charge is 2.17. The molecule has 0 N–H and O–H groups in total. The van der Waals surface area contributed by atoms with Gasteiger partial charge in [0.1, 0.15) is 0 Å². The second-order valence-electron chi connectivity index (χ2n) is 10.2. The molecule has 0 saturated carbocycles. The summed E-state index contributed by atoms with van der Waals surface area (Å²) >= 11 is 0. The summed E-state index contributed by atoms with van der Waals surface area (Å²) < 4.78 is 0. The monoisotopic (exact) mass is 575 g/mol. The number of benzene rings is 4. The summed E-state index contributed by atoms with van der Waals surface area (Å²) in [6.07, 6.45) is 0. The topological polar surface area (TPSA) is 125 Å². The first-order valence-electron chi connectivity index (χ1n) is 13.7. The van der Waals surface area contributed by atoms with E-state index in [-0.39, 0.29) is 11.4 Å². The van der Waals surface area contributed by atoms with Crippen LogP contribution in [0.1, 0.15) is 0 Å². The predicted molar refractivity (Wildman–Crippen MR) is 170 cm³/mol. The lowest BCUT2D eigenvalue weighted by Gasteiger charge is -2.12. The Labute approximate surface area is 250 Å². The van der Waals surface area contributed by atoms with Crippen LogP contribution in [0.5, 0.6) is 0 Å². The second kappa shape index (κ2) is 10.8. The molecule has 3 heterocycles. The lowest BCUT2D eigenvalue weighted by Crippen LogP contribution is -1.96. The third-order valence-electron chi connectivity index (χ3n) is 7.45. The van der Waals surface area contributed by atoms with E-state index in [0.717, 1.165) is 22.3 Å². The fraction of sp³-hybridized carbons (Fsp3) is 0. The van der Waals surface area contributed by atoms with Crippen LogP contribution >= 0.6 is 0 Å². The van der Waals surface area contributed by atoms with Gasteiger partial charge < -0.3 is 0 Å². The van der Waals surface area contributed by atoms with Gasteiger partial charge in [0, 0.05) is 35.0 Å². The minimum atomic E-state index is -0.411. The summed E-state index contributed by atoms with van der Waals surface area (Å²) in [6.45, 7) is 0. The van der Waals surface area contributed by atoms with Gasteiger partial charge in [-0.25, -0.2) is 15.0 Å². The Morgan fingerprint density at radius 2 is 0.864 bits per heavy atom. The molecule has 9 heteroatoms. The maximum atomic E-state index is 11.5. The summed E-state index contributed by atoms with van der Waals surface area (Å²) in [7, 11) is 0. The molecule has 0 fully saturated rings. The van der Waals surface area contributed by atoms with E-state index in [1.54, 1.807) is 24.3 Å². The first-order chi connectivity index (χ1) is 21.4. The molecule has 0 aliphatic heterocycles. The molecule has 4 aromatic carbocycles. The van der Waals surface area contributed by atoms with Gasteiger partial charge in [0.15, 0.2) is 0 Å². The van der Waals surface area contributed by atoms with E-state index in [4.69, 9.17) is 15.0 Å². The minimum absolute atomic E-state index is 0.00807. The number of hydrogen-bond acceptors (Lipinski definition) is 7. The van der Waals surface area contributed by atoms with Gasteiger partial charge in [-0.05, 0) is 58.7 Å². The van der Waals surface area contributed by atoms with Crippen LogP contribution in [0.4, 0.5) is 11.4 Å². The van der Waals surface area contributed by atoms with Crippen LogP contribution in [0, 0.1) is 20.2 Å². The normalized spacial score (nSPS) is 11.1. The van der Waals surface area contributed by atoms with E-state index in [1.807, 2.05) is 91.0 Å². The quantitative estimate of drug-likeness (QED) is 0.143. The molecule has 9 nitrogen and oxygen atoms in total. The molecule has 0 unspecified atom stereocenters. The number of rotatable bonds is 6. The number of fused-ring (bicyclic) bond motifs is 2. The van der Waals surface area contributed by atoms with Crippen LogP contribution < -0.4 is 0 Å². The molecule has 0 spiro atoms. The summed E-state index contributed by atoms with van der Waals surface area (Å²) in [4.78, 5) is 36.9. The van der Waals surface area contributed by atoms with E-state index >= 15 is 0 Å². The lowest BCUT2D eigenvalue weighted by molar-refractivity contribution is -0.384. The number of nitro groups is 2. The highest BCUT2D eigenvalue weighted by molar-refractivity contribution is 5.99. The molecule has 7 aromatic rings. The van der Waals surface area contributed by atoms with Crippen LogP contribution in [0.3, 0.4) is 0 Å². The molecule has 0 atom stereocenters. The van der Waals surface area contributed by atoms with Crippen molar-refractivity contribution in [2.24, 2.45) is 0 Å². The van der Waals surface area contributed by atoms with Crippen LogP contribution in [-0.2, 0) is 0 Å². The third kappa shape index (κ3) is 4.88. The fourth-order valence-electron chi connectivity index (χ4n) is 5.35. The number of pyridine rings is 3. The average molecular weight is 576 g/mol. The maximum absolute atomic E-state index is 11.5. The molecule has 0 saturated heterocycles. The highest BCUT2D eigenvalue weighted by Crippen LogP contribution is 2.36. The van der Waals surface area contributed by atoms with Gasteiger partial charge in [0.25, 0.3) is 11.4 Å². The Morgan fingerprint density at radius 1 is 0.432 bits per heavy atom. The third-order valence-corrected chi connectivity index (χ3v) is 7.45. The van der Waals surface area contributed by atoms with Crippen molar-refractivity contribution in [2.45, 2.75) is 0 Å². The van der Waals surface area contributed by atoms with Crippen LogP contribution in [0.15, 0.2) is 127 Å². The zero-order valence-corrected chi connectivity index (χ0v) is 23.0. The molecule has 0 aliphatic rings. The van der Waals surface area contributed by atoms with Gasteiger partial charge in [0.2, 0.25) is 0 Å². The summed E-state index contributed by atoms with van der Waals surface area (Å²) in [5, 5.41) is 24.4. The molecule has 210 valence electrons. The van der Waals surface area contributed by atoms with Gasteiger partial charge in [-0.3, -0.25) is 20.2 Å². The smallest absolute Gasteiger partial charge is 0.258 e. The molecule has 44 heavy (non-hydrogen) atoms. The Hall–Kier alpha value is -6.35. The van der Waals surface area contributed by atoms with Gasteiger partial charge in [-0.15, -0.1) is 0 Å². The lowest BCUT2D eigenvalue weighted by atomic mass is 9.98. The summed E-state index contributed by atoms with van der Waals surface area (Å²) in [5.74, 6) is 0. The highest BCUT2D eigenvalue weighted by atomic mass is 16.6. The van der Waals surface area contributed by atoms with E-state index in [1.165, 1.54) is 12.1 Å². The second-order valence-corrected chi connectivity index (χ2v) is 10.2. The average Bonchev–Trinajstić information content (AvgIpc) is 3.07. The summed E-state index contributed by atoms with van der Waals surface area (Å²) in [5.41, 5.74) is 7.02. The predicted octanol–water partition coefficient (Wildman–Crippen LogP) is 8.66. The Balaban J connectivity index is 1.40. The number of non-ortho nitro benzene ring substituents is 2. The molecule has 3 aromatic heterocycles. The van der Waals surface area contributed by atoms with Crippen molar-refractivity contribution < 1.29 is 9.85 Å². The van der Waals surface area contributed by atoms with Crippen molar-refractivity contribution in [3.8, 4) is 45.0 Å². The van der Waals surface area contributed by atoms with Gasteiger partial charge in [-0.2, -0.15) is 0 Å². The minimum Gasteiger partial charge on any atom is -0.258 e. The Bertz CT molecular complexity index is 2080. The summed E-state index contributed by atoms with van der Waals surface area (Å²) in [6, 6.07) is 38.0. The Kier molecular flexibility index (Phi) is 6.52. The molecule has 0 bridgehead atoms. The molecule has 7 rings (SSSR count). The van der Waals surface area contributed by atoms with E-state index in [0.29, 0.717) is 44.6 Å². The molecule has 0 radical (unpaired) electrons. The zero-order valence-electron chi connectivity index (χ0n) is 23.0. The number of nitro benzene ring substituents is 2. The van der Waals surface area contributed by atoms with Crippen molar-refractivity contribution in [1.29, 1.82) is 0 Å². The fourth-order valence-corrected chi connectivity index (χ4v) is 5.35.